The van der Waals surface area contributed by atoms with Crippen LogP contribution >= 0.6 is 0 Å². The van der Waals surface area contributed by atoms with Crippen molar-refractivity contribution in [3.63, 3.8) is 0 Å². The summed E-state index contributed by atoms with van der Waals surface area (Å²) in [5.41, 5.74) is 0.711. The van der Waals surface area contributed by atoms with Crippen LogP contribution in [0.4, 0.5) is 0 Å². The number of hydrogen-bond donors (Lipinski definition) is 0. The van der Waals surface area contributed by atoms with Gasteiger partial charge >= 0.3 is 5.97 Å². The van der Waals surface area contributed by atoms with Crippen molar-refractivity contribution in [1.82, 2.24) is 4.31 Å². The third-order valence-electron chi connectivity index (χ3n) is 3.03. The number of methoxy groups -OCH3 is 2. The monoisotopic (exact) mass is 315 g/mol. The smallest absolute Gasteiger partial charge is 0.309 e. The van der Waals surface area contributed by atoms with E-state index in [1.807, 2.05) is 0 Å². The third-order valence-corrected chi connectivity index (χ3v) is 4.90. The summed E-state index contributed by atoms with van der Waals surface area (Å²) in [5.74, 6) is -0.359. The summed E-state index contributed by atoms with van der Waals surface area (Å²) in [6, 6.07) is 6.24. The van der Waals surface area contributed by atoms with Crippen LogP contribution in [0.1, 0.15) is 12.0 Å². The van der Waals surface area contributed by atoms with Crippen molar-refractivity contribution >= 4 is 16.0 Å². The first kappa shape index (κ1) is 17.6. The molecule has 0 aliphatic rings. The summed E-state index contributed by atoms with van der Waals surface area (Å²) in [4.78, 5) is 11.4. The summed E-state index contributed by atoms with van der Waals surface area (Å²) in [6.07, 6.45) is 0.757. The lowest BCUT2D eigenvalue weighted by atomic mass is 10.2. The van der Waals surface area contributed by atoms with Crippen LogP contribution in [0.15, 0.2) is 29.2 Å². The van der Waals surface area contributed by atoms with E-state index >= 15 is 0 Å². The fraction of sp³-hybridized carbons (Fsp3) is 0.500. The number of sulfonamides is 1. The number of rotatable bonds is 8. The van der Waals surface area contributed by atoms with E-state index in [-0.39, 0.29) is 17.3 Å². The van der Waals surface area contributed by atoms with Crippen LogP contribution in [0.25, 0.3) is 0 Å². The molecule has 6 nitrogen and oxygen atoms in total. The Hall–Kier alpha value is -1.44. The van der Waals surface area contributed by atoms with Gasteiger partial charge in [-0.05, 0) is 24.1 Å². The minimum atomic E-state index is -3.51. The first-order valence-electron chi connectivity index (χ1n) is 6.53. The number of carbonyl (C=O) groups is 1. The maximum atomic E-state index is 12.3. The van der Waals surface area contributed by atoms with Gasteiger partial charge in [-0.15, -0.1) is 0 Å². The van der Waals surface area contributed by atoms with Gasteiger partial charge in [0.25, 0.3) is 0 Å². The average molecular weight is 315 g/mol. The molecule has 0 N–H and O–H groups in total. The molecule has 0 saturated heterocycles. The van der Waals surface area contributed by atoms with E-state index in [0.717, 1.165) is 0 Å². The van der Waals surface area contributed by atoms with Crippen LogP contribution < -0.4 is 0 Å². The normalized spacial score (nSPS) is 11.6. The highest BCUT2D eigenvalue weighted by Gasteiger charge is 2.20. The van der Waals surface area contributed by atoms with Crippen LogP contribution in [0, 0.1) is 0 Å². The van der Waals surface area contributed by atoms with E-state index in [2.05, 4.69) is 4.74 Å². The zero-order chi connectivity index (χ0) is 15.9. The third kappa shape index (κ3) is 5.11. The summed E-state index contributed by atoms with van der Waals surface area (Å²) < 4.78 is 35.4. The Bertz CT molecular complexity index is 553. The van der Waals surface area contributed by atoms with Crippen LogP contribution in [-0.4, -0.2) is 53.1 Å². The number of ether oxygens (including phenoxy) is 2. The molecule has 1 rings (SSSR count). The molecule has 0 saturated carbocycles. The molecular formula is C14H21NO5S. The van der Waals surface area contributed by atoms with Crippen molar-refractivity contribution < 1.29 is 22.7 Å². The van der Waals surface area contributed by atoms with Gasteiger partial charge in [-0.2, -0.15) is 0 Å². The molecule has 0 radical (unpaired) electrons. The number of nitrogens with zero attached hydrogens (tertiary/aromatic N) is 1. The first-order chi connectivity index (χ1) is 9.91. The molecule has 0 bridgehead atoms. The van der Waals surface area contributed by atoms with Gasteiger partial charge in [0, 0.05) is 27.3 Å². The van der Waals surface area contributed by atoms with Gasteiger partial charge in [-0.1, -0.05) is 12.1 Å². The molecule has 1 aromatic rings. The summed E-state index contributed by atoms with van der Waals surface area (Å²) in [6.45, 7) is 0.901. The van der Waals surface area contributed by atoms with Crippen LogP contribution in [0.5, 0.6) is 0 Å². The summed E-state index contributed by atoms with van der Waals surface area (Å²) in [5, 5.41) is 0. The largest absolute Gasteiger partial charge is 0.469 e. The minimum absolute atomic E-state index is 0.126. The van der Waals surface area contributed by atoms with Gasteiger partial charge < -0.3 is 9.47 Å². The van der Waals surface area contributed by atoms with Gasteiger partial charge in [-0.3, -0.25) is 4.79 Å². The fourth-order valence-corrected chi connectivity index (χ4v) is 2.96. The highest BCUT2D eigenvalue weighted by atomic mass is 32.2. The maximum absolute atomic E-state index is 12.3. The lowest BCUT2D eigenvalue weighted by Crippen LogP contribution is -2.28. The van der Waals surface area contributed by atoms with Crippen molar-refractivity contribution in [2.75, 3.05) is 34.4 Å². The van der Waals surface area contributed by atoms with Crippen LogP contribution in [-0.2, 0) is 30.7 Å². The second-order valence-corrected chi connectivity index (χ2v) is 6.61. The molecule has 0 aromatic heterocycles. The highest BCUT2D eigenvalue weighted by molar-refractivity contribution is 7.89. The molecule has 7 heteroatoms. The standard InChI is InChI=1S/C14H21NO5S/c1-15(9-4-10-19-2)21(17,18)13-7-5-12(6-8-13)11-14(16)20-3/h5-8H,4,9-11H2,1-3H3. The molecule has 0 atom stereocenters. The Morgan fingerprint density at radius 2 is 1.81 bits per heavy atom. The van der Waals surface area contributed by atoms with Gasteiger partial charge in [-0.25, -0.2) is 12.7 Å². The molecule has 0 spiro atoms. The lowest BCUT2D eigenvalue weighted by molar-refractivity contribution is -0.139. The van der Waals surface area contributed by atoms with Gasteiger partial charge in [0.05, 0.1) is 18.4 Å². The number of carbonyl (C=O) groups excluding carboxylic acids is 1. The van der Waals surface area contributed by atoms with Gasteiger partial charge in [0.2, 0.25) is 10.0 Å². The van der Waals surface area contributed by atoms with E-state index in [4.69, 9.17) is 4.74 Å². The minimum Gasteiger partial charge on any atom is -0.469 e. The molecule has 0 amide bonds. The molecule has 0 aliphatic carbocycles. The SMILES string of the molecule is COCCCN(C)S(=O)(=O)c1ccc(CC(=O)OC)cc1. The first-order valence-corrected chi connectivity index (χ1v) is 7.97. The van der Waals surface area contributed by atoms with Crippen molar-refractivity contribution in [2.45, 2.75) is 17.7 Å². The predicted molar refractivity (Wildman–Crippen MR) is 78.5 cm³/mol. The van der Waals surface area contributed by atoms with Crippen molar-refractivity contribution in [2.24, 2.45) is 0 Å². The predicted octanol–water partition coefficient (Wildman–Crippen LogP) is 1.06. The van der Waals surface area contributed by atoms with Crippen LogP contribution in [0.3, 0.4) is 0 Å². The second-order valence-electron chi connectivity index (χ2n) is 4.57. The molecule has 1 aromatic carbocycles. The Labute approximate surface area is 125 Å². The van der Waals surface area contributed by atoms with E-state index in [1.165, 1.54) is 30.6 Å². The van der Waals surface area contributed by atoms with Crippen molar-refractivity contribution in [3.8, 4) is 0 Å². The van der Waals surface area contributed by atoms with Crippen LogP contribution in [0.2, 0.25) is 0 Å². The second kappa shape index (κ2) is 8.11. The van der Waals surface area contributed by atoms with E-state index in [9.17, 15) is 13.2 Å². The Morgan fingerprint density at radius 1 is 1.19 bits per heavy atom. The Kier molecular flexibility index (Phi) is 6.80. The quantitative estimate of drug-likeness (QED) is 0.530. The maximum Gasteiger partial charge on any atom is 0.309 e. The molecular weight excluding hydrogens is 294 g/mol. The van der Waals surface area contributed by atoms with Gasteiger partial charge in [0.1, 0.15) is 0 Å². The van der Waals surface area contributed by atoms with E-state index in [1.54, 1.807) is 19.2 Å². The fourth-order valence-electron chi connectivity index (χ4n) is 1.75. The number of benzene rings is 1. The summed E-state index contributed by atoms with van der Waals surface area (Å²) >= 11 is 0. The molecule has 0 aliphatic heterocycles. The highest BCUT2D eigenvalue weighted by Crippen LogP contribution is 2.16. The Morgan fingerprint density at radius 3 is 2.33 bits per heavy atom. The zero-order valence-electron chi connectivity index (χ0n) is 12.5. The molecule has 0 fully saturated rings. The zero-order valence-corrected chi connectivity index (χ0v) is 13.4. The topological polar surface area (TPSA) is 72.9 Å². The molecule has 21 heavy (non-hydrogen) atoms. The average Bonchev–Trinajstić information content (AvgIpc) is 2.47. The lowest BCUT2D eigenvalue weighted by Gasteiger charge is -2.17. The van der Waals surface area contributed by atoms with Crippen molar-refractivity contribution in [1.29, 1.82) is 0 Å². The Balaban J connectivity index is 2.77. The molecule has 0 unspecified atom stereocenters. The molecule has 0 heterocycles. The molecule has 118 valence electrons. The van der Waals surface area contributed by atoms with E-state index in [0.29, 0.717) is 25.1 Å². The van der Waals surface area contributed by atoms with E-state index < -0.39 is 10.0 Å². The van der Waals surface area contributed by atoms with Crippen molar-refractivity contribution in [3.05, 3.63) is 29.8 Å². The number of hydrogen-bond acceptors (Lipinski definition) is 5. The van der Waals surface area contributed by atoms with Gasteiger partial charge in [0.15, 0.2) is 0 Å². The summed E-state index contributed by atoms with van der Waals surface area (Å²) in [7, 11) is 0.920. The number of esters is 1.